The van der Waals surface area contributed by atoms with Crippen molar-refractivity contribution in [3.05, 3.63) is 46.3 Å². The fourth-order valence-electron chi connectivity index (χ4n) is 4.37. The molecule has 1 aliphatic heterocycles. The first kappa shape index (κ1) is 24.3. The van der Waals surface area contributed by atoms with Crippen LogP contribution < -0.4 is 9.47 Å². The van der Waals surface area contributed by atoms with Crippen molar-refractivity contribution in [3.63, 3.8) is 0 Å². The van der Waals surface area contributed by atoms with Crippen LogP contribution in [-0.4, -0.2) is 77.8 Å². The monoisotopic (exact) mass is 456 g/mol. The number of ether oxygens (including phenoxy) is 2. The summed E-state index contributed by atoms with van der Waals surface area (Å²) >= 11 is 0. The van der Waals surface area contributed by atoms with Crippen molar-refractivity contribution in [2.45, 2.75) is 26.3 Å². The van der Waals surface area contributed by atoms with Crippen LogP contribution in [0.1, 0.15) is 35.0 Å². The predicted octanol–water partition coefficient (Wildman–Crippen LogP) is 2.43. The number of para-hydroxylation sites is 1. The summed E-state index contributed by atoms with van der Waals surface area (Å²) in [6.45, 7) is 4.65. The predicted molar refractivity (Wildman–Crippen MR) is 124 cm³/mol. The van der Waals surface area contributed by atoms with Gasteiger partial charge in [-0.1, -0.05) is 12.1 Å². The van der Waals surface area contributed by atoms with Crippen LogP contribution in [0.4, 0.5) is 0 Å². The lowest BCUT2D eigenvalue weighted by Gasteiger charge is -2.27. The van der Waals surface area contributed by atoms with E-state index >= 15 is 0 Å². The largest absolute Gasteiger partial charge is 0.507 e. The van der Waals surface area contributed by atoms with E-state index < -0.39 is 17.7 Å². The molecule has 1 saturated heterocycles. The van der Waals surface area contributed by atoms with Crippen LogP contribution in [-0.2, 0) is 16.6 Å². The van der Waals surface area contributed by atoms with Crippen molar-refractivity contribution in [3.8, 4) is 11.5 Å². The van der Waals surface area contributed by atoms with Gasteiger partial charge in [-0.2, -0.15) is 5.10 Å². The average Bonchev–Trinajstić information content (AvgIpc) is 3.18. The lowest BCUT2D eigenvalue weighted by Crippen LogP contribution is -2.32. The van der Waals surface area contributed by atoms with E-state index in [0.717, 1.165) is 6.54 Å². The number of Topliss-reactive ketones (excluding diaryl/α,β-unsaturated/α-hetero) is 1. The summed E-state index contributed by atoms with van der Waals surface area (Å²) in [6.07, 6.45) is 0.661. The number of aliphatic hydroxyl groups excluding tert-OH is 1. The van der Waals surface area contributed by atoms with Gasteiger partial charge in [0.15, 0.2) is 11.5 Å². The summed E-state index contributed by atoms with van der Waals surface area (Å²) in [5.74, 6) is -0.724. The Labute approximate surface area is 194 Å². The van der Waals surface area contributed by atoms with Crippen LogP contribution in [0.15, 0.2) is 23.8 Å². The maximum Gasteiger partial charge on any atom is 0.295 e. The molecule has 0 saturated carbocycles. The number of carbonyl (C=O) groups excluding carboxylic acids is 2. The second-order valence-corrected chi connectivity index (χ2v) is 8.40. The number of benzene rings is 1. The molecular weight excluding hydrogens is 424 g/mol. The number of rotatable bonds is 8. The van der Waals surface area contributed by atoms with E-state index in [1.807, 2.05) is 25.9 Å². The highest BCUT2D eigenvalue weighted by Gasteiger charge is 2.47. The first-order valence-corrected chi connectivity index (χ1v) is 10.8. The molecule has 3 rings (SSSR count). The van der Waals surface area contributed by atoms with Gasteiger partial charge < -0.3 is 24.4 Å². The maximum absolute atomic E-state index is 13.3. The lowest BCUT2D eigenvalue weighted by atomic mass is 9.93. The lowest BCUT2D eigenvalue weighted by molar-refractivity contribution is -0.140. The summed E-state index contributed by atoms with van der Waals surface area (Å²) in [6, 6.07) is 4.48. The number of hydrogen-bond acceptors (Lipinski definition) is 7. The van der Waals surface area contributed by atoms with Crippen molar-refractivity contribution < 1.29 is 24.2 Å². The van der Waals surface area contributed by atoms with Gasteiger partial charge in [0.05, 0.1) is 37.1 Å². The molecule has 0 aliphatic carbocycles. The van der Waals surface area contributed by atoms with Crippen LogP contribution in [0.25, 0.3) is 5.76 Å². The van der Waals surface area contributed by atoms with E-state index in [9.17, 15) is 14.7 Å². The Bertz CT molecular complexity index is 1100. The third-order valence-corrected chi connectivity index (χ3v) is 6.02. The van der Waals surface area contributed by atoms with E-state index in [1.165, 1.54) is 19.1 Å². The van der Waals surface area contributed by atoms with Crippen molar-refractivity contribution in [1.82, 2.24) is 19.6 Å². The Balaban J connectivity index is 2.25. The second kappa shape index (κ2) is 9.66. The number of amides is 1. The number of nitrogens with zero attached hydrogens (tertiary/aromatic N) is 4. The number of ketones is 1. The Morgan fingerprint density at radius 1 is 1.18 bits per heavy atom. The third-order valence-electron chi connectivity index (χ3n) is 6.02. The van der Waals surface area contributed by atoms with Gasteiger partial charge in [-0.05, 0) is 47.0 Å². The van der Waals surface area contributed by atoms with E-state index in [0.29, 0.717) is 47.0 Å². The Hall–Kier alpha value is -3.33. The first-order chi connectivity index (χ1) is 15.6. The number of likely N-dealkylation sites (tertiary alicyclic amines) is 1. The molecule has 1 fully saturated rings. The maximum atomic E-state index is 13.3. The molecule has 0 unspecified atom stereocenters. The zero-order chi connectivity index (χ0) is 24.4. The minimum absolute atomic E-state index is 0.0237. The van der Waals surface area contributed by atoms with Gasteiger partial charge in [-0.15, -0.1) is 0 Å². The number of aryl methyl sites for hydroxylation is 2. The molecule has 1 N–H and O–H groups in total. The smallest absolute Gasteiger partial charge is 0.295 e. The van der Waals surface area contributed by atoms with Crippen LogP contribution >= 0.6 is 0 Å². The van der Waals surface area contributed by atoms with Gasteiger partial charge in [0, 0.05) is 24.8 Å². The van der Waals surface area contributed by atoms with E-state index in [-0.39, 0.29) is 11.3 Å². The topological polar surface area (TPSA) is 97.1 Å². The van der Waals surface area contributed by atoms with Crippen LogP contribution in [0, 0.1) is 13.8 Å². The van der Waals surface area contributed by atoms with E-state index in [4.69, 9.17) is 9.47 Å². The summed E-state index contributed by atoms with van der Waals surface area (Å²) < 4.78 is 12.7. The van der Waals surface area contributed by atoms with Crippen LogP contribution in [0.2, 0.25) is 0 Å². The minimum atomic E-state index is -0.823. The van der Waals surface area contributed by atoms with Gasteiger partial charge in [-0.25, -0.2) is 0 Å². The van der Waals surface area contributed by atoms with Gasteiger partial charge in [0.1, 0.15) is 5.76 Å². The minimum Gasteiger partial charge on any atom is -0.507 e. The van der Waals surface area contributed by atoms with Crippen molar-refractivity contribution >= 4 is 17.4 Å². The van der Waals surface area contributed by atoms with Crippen molar-refractivity contribution in [1.29, 1.82) is 0 Å². The quantitative estimate of drug-likeness (QED) is 0.370. The number of carbonyl (C=O) groups is 2. The molecule has 1 atom stereocenters. The summed E-state index contributed by atoms with van der Waals surface area (Å²) in [5, 5.41) is 15.7. The molecule has 0 bridgehead atoms. The number of hydrogen-bond donors (Lipinski definition) is 1. The Kier molecular flexibility index (Phi) is 7.12. The van der Waals surface area contributed by atoms with Gasteiger partial charge in [-0.3, -0.25) is 14.3 Å². The van der Waals surface area contributed by atoms with E-state index in [2.05, 4.69) is 5.10 Å². The third kappa shape index (κ3) is 4.32. The normalized spacial score (nSPS) is 17.8. The van der Waals surface area contributed by atoms with Gasteiger partial charge in [0.2, 0.25) is 0 Å². The first-order valence-electron chi connectivity index (χ1n) is 10.8. The summed E-state index contributed by atoms with van der Waals surface area (Å²) in [4.78, 5) is 30.0. The Morgan fingerprint density at radius 3 is 2.42 bits per heavy atom. The number of aliphatic hydroxyl groups is 1. The average molecular weight is 457 g/mol. The highest BCUT2D eigenvalue weighted by atomic mass is 16.5. The molecule has 2 aromatic rings. The Morgan fingerprint density at radius 2 is 1.88 bits per heavy atom. The van der Waals surface area contributed by atoms with Gasteiger partial charge >= 0.3 is 0 Å². The molecule has 1 aromatic carbocycles. The van der Waals surface area contributed by atoms with E-state index in [1.54, 1.807) is 36.9 Å². The molecule has 33 heavy (non-hydrogen) atoms. The molecule has 178 valence electrons. The molecule has 1 aliphatic rings. The zero-order valence-corrected chi connectivity index (χ0v) is 20.3. The number of aromatic nitrogens is 2. The standard InChI is InChI=1S/C24H32N4O5/c1-14-18(15(2)27(5)25-14)21(29)19-20(16-10-8-11-17(32-6)23(16)33-7)28(24(31)22(19)30)13-9-12-26(3)4/h8,10-11,20,29H,9,12-13H2,1-7H3/b21-19+/t20-/m0/s1. The highest BCUT2D eigenvalue weighted by molar-refractivity contribution is 6.46. The molecule has 1 amide bonds. The van der Waals surface area contributed by atoms with Crippen LogP contribution in [0.5, 0.6) is 11.5 Å². The molecule has 1 aromatic heterocycles. The van der Waals surface area contributed by atoms with Crippen molar-refractivity contribution in [2.75, 3.05) is 41.4 Å². The molecule has 9 nitrogen and oxygen atoms in total. The highest BCUT2D eigenvalue weighted by Crippen LogP contribution is 2.45. The molecule has 0 radical (unpaired) electrons. The molecule has 0 spiro atoms. The molecule has 9 heteroatoms. The molecule has 2 heterocycles. The second-order valence-electron chi connectivity index (χ2n) is 8.40. The summed E-state index contributed by atoms with van der Waals surface area (Å²) in [7, 11) is 8.70. The number of methoxy groups -OCH3 is 2. The SMILES string of the molecule is COc1cccc([C@H]2/C(=C(\O)c3c(C)nn(C)c3C)C(=O)C(=O)N2CCCN(C)C)c1OC. The van der Waals surface area contributed by atoms with Crippen molar-refractivity contribution in [2.24, 2.45) is 7.05 Å². The van der Waals surface area contributed by atoms with Crippen LogP contribution in [0.3, 0.4) is 0 Å². The fourth-order valence-corrected chi connectivity index (χ4v) is 4.37. The van der Waals surface area contributed by atoms with Gasteiger partial charge in [0.25, 0.3) is 11.7 Å². The summed E-state index contributed by atoms with van der Waals surface area (Å²) in [5.41, 5.74) is 2.32. The molecular formula is C24H32N4O5. The fraction of sp³-hybridized carbons (Fsp3) is 0.458. The zero-order valence-electron chi connectivity index (χ0n) is 20.3.